The fraction of sp³-hybridized carbons (Fsp3) is 0.550. The number of carbonyl (C=O) groups excluding carboxylic acids is 1. The lowest BCUT2D eigenvalue weighted by atomic mass is 9.83. The molecule has 0 fully saturated rings. The molecule has 1 atom stereocenters. The van der Waals surface area contributed by atoms with Crippen LogP contribution in [0.4, 0.5) is 0 Å². The average molecular weight is 356 g/mol. The number of nitrogens with zero attached hydrogens (tertiary/aromatic N) is 3. The molecule has 0 spiro atoms. The molecule has 6 heteroatoms. The van der Waals surface area contributed by atoms with Crippen LogP contribution in [0.5, 0.6) is 0 Å². The third kappa shape index (κ3) is 4.49. The van der Waals surface area contributed by atoms with Gasteiger partial charge >= 0.3 is 5.97 Å². The molecule has 6 nitrogen and oxygen atoms in total. The number of hydrogen-bond donors (Lipinski definition) is 1. The first-order valence-corrected chi connectivity index (χ1v) is 9.57. The number of hydrogen-bond acceptors (Lipinski definition) is 5. The molecule has 1 aliphatic heterocycles. The third-order valence-electron chi connectivity index (χ3n) is 4.99. The van der Waals surface area contributed by atoms with Gasteiger partial charge in [0.05, 0.1) is 18.7 Å². The molecule has 3 rings (SSSR count). The van der Waals surface area contributed by atoms with Crippen molar-refractivity contribution in [3.05, 3.63) is 46.8 Å². The highest BCUT2D eigenvalue weighted by atomic mass is 16.5. The SMILES string of the molecule is CCOC(=O)CC(CCc1cn(CC)nn1)c1cccc2c1CCNC2. The Balaban J connectivity index is 1.80. The number of ether oxygens (including phenoxy) is 1. The largest absolute Gasteiger partial charge is 0.466 e. The summed E-state index contributed by atoms with van der Waals surface area (Å²) in [6, 6.07) is 6.46. The smallest absolute Gasteiger partial charge is 0.306 e. The summed E-state index contributed by atoms with van der Waals surface area (Å²) in [6.45, 7) is 7.03. The number of carbonyl (C=O) groups is 1. The minimum atomic E-state index is -0.124. The number of benzene rings is 1. The lowest BCUT2D eigenvalue weighted by Gasteiger charge is -2.25. The second-order valence-electron chi connectivity index (χ2n) is 6.72. The van der Waals surface area contributed by atoms with E-state index < -0.39 is 0 Å². The number of nitrogens with one attached hydrogen (secondary N) is 1. The fourth-order valence-corrected chi connectivity index (χ4v) is 3.66. The lowest BCUT2D eigenvalue weighted by Crippen LogP contribution is -2.25. The molecule has 2 heterocycles. The first-order valence-electron chi connectivity index (χ1n) is 9.57. The zero-order chi connectivity index (χ0) is 18.4. The van der Waals surface area contributed by atoms with Gasteiger partial charge in [-0.1, -0.05) is 23.4 Å². The highest BCUT2D eigenvalue weighted by Gasteiger charge is 2.23. The quantitative estimate of drug-likeness (QED) is 0.737. The van der Waals surface area contributed by atoms with Crippen LogP contribution in [-0.2, 0) is 35.5 Å². The second kappa shape index (κ2) is 8.94. The first kappa shape index (κ1) is 18.6. The molecule has 1 aliphatic rings. The summed E-state index contributed by atoms with van der Waals surface area (Å²) in [5.41, 5.74) is 5.02. The highest BCUT2D eigenvalue weighted by Crippen LogP contribution is 2.31. The van der Waals surface area contributed by atoms with Crippen molar-refractivity contribution in [1.29, 1.82) is 0 Å². The van der Waals surface area contributed by atoms with Crippen molar-refractivity contribution in [2.45, 2.75) is 58.5 Å². The molecular weight excluding hydrogens is 328 g/mol. The van der Waals surface area contributed by atoms with Crippen molar-refractivity contribution in [3.8, 4) is 0 Å². The maximum Gasteiger partial charge on any atom is 0.306 e. The molecule has 2 aromatic rings. The molecule has 1 unspecified atom stereocenters. The van der Waals surface area contributed by atoms with Gasteiger partial charge in [0, 0.05) is 19.3 Å². The van der Waals surface area contributed by atoms with Crippen molar-refractivity contribution in [1.82, 2.24) is 20.3 Å². The summed E-state index contributed by atoms with van der Waals surface area (Å²) in [6.07, 6.45) is 5.10. The zero-order valence-corrected chi connectivity index (χ0v) is 15.7. The highest BCUT2D eigenvalue weighted by molar-refractivity contribution is 5.70. The average Bonchev–Trinajstić information content (AvgIpc) is 3.13. The molecule has 0 aliphatic carbocycles. The van der Waals surface area contributed by atoms with Gasteiger partial charge < -0.3 is 10.1 Å². The van der Waals surface area contributed by atoms with Gasteiger partial charge in [-0.3, -0.25) is 9.48 Å². The van der Waals surface area contributed by atoms with Gasteiger partial charge in [-0.25, -0.2) is 0 Å². The Morgan fingerprint density at radius 3 is 3.04 bits per heavy atom. The van der Waals surface area contributed by atoms with E-state index in [1.54, 1.807) is 0 Å². The summed E-state index contributed by atoms with van der Waals surface area (Å²) in [4.78, 5) is 12.2. The van der Waals surface area contributed by atoms with Crippen molar-refractivity contribution in [3.63, 3.8) is 0 Å². The Labute approximate surface area is 154 Å². The minimum absolute atomic E-state index is 0.124. The summed E-state index contributed by atoms with van der Waals surface area (Å²) in [7, 11) is 0. The van der Waals surface area contributed by atoms with Crippen LogP contribution in [0.1, 0.15) is 55.0 Å². The van der Waals surface area contributed by atoms with Crippen LogP contribution < -0.4 is 5.32 Å². The number of esters is 1. The van der Waals surface area contributed by atoms with Crippen molar-refractivity contribution in [2.24, 2.45) is 0 Å². The molecule has 1 aromatic carbocycles. The molecule has 140 valence electrons. The molecule has 1 N–H and O–H groups in total. The van der Waals surface area contributed by atoms with Crippen LogP contribution in [0.25, 0.3) is 0 Å². The van der Waals surface area contributed by atoms with E-state index in [4.69, 9.17) is 4.74 Å². The maximum absolute atomic E-state index is 12.2. The molecule has 26 heavy (non-hydrogen) atoms. The van der Waals surface area contributed by atoms with Gasteiger partial charge in [0.1, 0.15) is 0 Å². The van der Waals surface area contributed by atoms with E-state index in [9.17, 15) is 4.79 Å². The predicted molar refractivity (Wildman–Crippen MR) is 99.9 cm³/mol. The molecule has 0 bridgehead atoms. The predicted octanol–water partition coefficient (Wildman–Crippen LogP) is 2.61. The summed E-state index contributed by atoms with van der Waals surface area (Å²) < 4.78 is 7.07. The van der Waals surface area contributed by atoms with Crippen LogP contribution in [0, 0.1) is 0 Å². The zero-order valence-electron chi connectivity index (χ0n) is 15.7. The maximum atomic E-state index is 12.2. The van der Waals surface area contributed by atoms with E-state index in [0.29, 0.717) is 13.0 Å². The Morgan fingerprint density at radius 1 is 1.38 bits per heavy atom. The van der Waals surface area contributed by atoms with E-state index in [-0.39, 0.29) is 11.9 Å². The van der Waals surface area contributed by atoms with E-state index in [1.165, 1.54) is 16.7 Å². The number of aryl methyl sites for hydroxylation is 2. The second-order valence-corrected chi connectivity index (χ2v) is 6.72. The molecule has 0 amide bonds. The van der Waals surface area contributed by atoms with Gasteiger partial charge in [-0.2, -0.15) is 0 Å². The van der Waals surface area contributed by atoms with Crippen molar-refractivity contribution in [2.75, 3.05) is 13.2 Å². The Bertz CT molecular complexity index is 741. The summed E-state index contributed by atoms with van der Waals surface area (Å²) in [5.74, 6) is 0.0233. The van der Waals surface area contributed by atoms with Gasteiger partial charge in [-0.05, 0) is 62.3 Å². The van der Waals surface area contributed by atoms with Crippen LogP contribution in [0.2, 0.25) is 0 Å². The normalized spacial score (nSPS) is 14.7. The van der Waals surface area contributed by atoms with Crippen LogP contribution in [0.15, 0.2) is 24.4 Å². The van der Waals surface area contributed by atoms with Crippen LogP contribution in [-0.4, -0.2) is 34.1 Å². The number of aromatic nitrogens is 3. The van der Waals surface area contributed by atoms with Crippen LogP contribution >= 0.6 is 0 Å². The number of fused-ring (bicyclic) bond motifs is 1. The van der Waals surface area contributed by atoms with Crippen molar-refractivity contribution < 1.29 is 9.53 Å². The minimum Gasteiger partial charge on any atom is -0.466 e. The molecule has 0 saturated heterocycles. The number of rotatable bonds is 8. The van der Waals surface area contributed by atoms with Gasteiger partial charge in [0.25, 0.3) is 0 Å². The van der Waals surface area contributed by atoms with E-state index in [2.05, 4.69) is 33.8 Å². The monoisotopic (exact) mass is 356 g/mol. The Kier molecular flexibility index (Phi) is 6.39. The molecule has 0 saturated carbocycles. The molecule has 0 radical (unpaired) electrons. The van der Waals surface area contributed by atoms with Crippen LogP contribution in [0.3, 0.4) is 0 Å². The summed E-state index contributed by atoms with van der Waals surface area (Å²) >= 11 is 0. The van der Waals surface area contributed by atoms with Gasteiger partial charge in [0.2, 0.25) is 0 Å². The first-order chi connectivity index (χ1) is 12.7. The lowest BCUT2D eigenvalue weighted by molar-refractivity contribution is -0.143. The van der Waals surface area contributed by atoms with Crippen molar-refractivity contribution >= 4 is 5.97 Å². The molecule has 1 aromatic heterocycles. The fourth-order valence-electron chi connectivity index (χ4n) is 3.66. The third-order valence-corrected chi connectivity index (χ3v) is 4.99. The summed E-state index contributed by atoms with van der Waals surface area (Å²) in [5, 5.41) is 11.8. The van der Waals surface area contributed by atoms with E-state index in [0.717, 1.165) is 44.6 Å². The van der Waals surface area contributed by atoms with E-state index >= 15 is 0 Å². The van der Waals surface area contributed by atoms with Gasteiger partial charge in [0.15, 0.2) is 0 Å². The molecular formula is C20H28N4O2. The Hall–Kier alpha value is -2.21. The Morgan fingerprint density at radius 2 is 2.27 bits per heavy atom. The topological polar surface area (TPSA) is 69.0 Å². The van der Waals surface area contributed by atoms with Gasteiger partial charge in [-0.15, -0.1) is 5.10 Å². The van der Waals surface area contributed by atoms with E-state index in [1.807, 2.05) is 24.7 Å². The standard InChI is InChI=1S/C20H28N4O2/c1-3-24-14-17(22-23-24)9-8-15(12-20(25)26-4-2)18-7-5-6-16-13-21-11-10-19(16)18/h5-7,14-15,21H,3-4,8-13H2,1-2H3.